The molecule has 3 rings (SSSR count). The van der Waals surface area contributed by atoms with Gasteiger partial charge in [0.1, 0.15) is 6.04 Å². The maximum atomic E-state index is 12.2. The van der Waals surface area contributed by atoms with Crippen LogP contribution < -0.4 is 11.1 Å². The van der Waals surface area contributed by atoms with Crippen molar-refractivity contribution in [1.82, 2.24) is 9.88 Å². The van der Waals surface area contributed by atoms with Gasteiger partial charge in [0, 0.05) is 23.1 Å². The lowest BCUT2D eigenvalue weighted by Crippen LogP contribution is -2.41. The zero-order valence-electron chi connectivity index (χ0n) is 14.7. The molecule has 2 aliphatic rings. The molecule has 1 aliphatic carbocycles. The fourth-order valence-electron chi connectivity index (χ4n) is 4.19. The first-order valence-electron chi connectivity index (χ1n) is 9.12. The van der Waals surface area contributed by atoms with E-state index in [1.807, 2.05) is 6.92 Å². The summed E-state index contributed by atoms with van der Waals surface area (Å²) in [4.78, 5) is 23.6. The molecule has 2 heterocycles. The Morgan fingerprint density at radius 1 is 1.20 bits per heavy atom. The van der Waals surface area contributed by atoms with Crippen LogP contribution in [0.5, 0.6) is 11.8 Å². The summed E-state index contributed by atoms with van der Waals surface area (Å²) in [5.41, 5.74) is 7.43. The van der Waals surface area contributed by atoms with Crippen LogP contribution in [0.3, 0.4) is 0 Å². The van der Waals surface area contributed by atoms with E-state index in [9.17, 15) is 19.8 Å². The van der Waals surface area contributed by atoms with Crippen molar-refractivity contribution in [3.63, 3.8) is 0 Å². The summed E-state index contributed by atoms with van der Waals surface area (Å²) >= 11 is 0. The number of imide groups is 1. The quantitative estimate of drug-likeness (QED) is 0.603. The average molecular weight is 349 g/mol. The van der Waals surface area contributed by atoms with E-state index in [1.54, 1.807) is 0 Å². The van der Waals surface area contributed by atoms with Crippen LogP contribution in [0.25, 0.3) is 0 Å². The second-order valence-corrected chi connectivity index (χ2v) is 7.44. The van der Waals surface area contributed by atoms with Crippen LogP contribution in [0, 0.1) is 0 Å². The number of hydrogen-bond acceptors (Lipinski definition) is 5. The predicted octanol–water partition coefficient (Wildman–Crippen LogP) is 1.64. The van der Waals surface area contributed by atoms with Crippen LogP contribution in [-0.4, -0.2) is 32.1 Å². The minimum atomic E-state index is -0.778. The number of carbonyl (C=O) groups excluding carboxylic acids is 2. The Hall–Kier alpha value is -2.02. The van der Waals surface area contributed by atoms with E-state index in [-0.39, 0.29) is 36.0 Å². The molecular formula is C18H27N3O4. The number of hydrogen-bond donors (Lipinski definition) is 4. The second kappa shape index (κ2) is 6.71. The highest BCUT2D eigenvalue weighted by Crippen LogP contribution is 2.42. The van der Waals surface area contributed by atoms with Gasteiger partial charge in [-0.15, -0.1) is 0 Å². The van der Waals surface area contributed by atoms with Gasteiger partial charge in [0.15, 0.2) is 11.8 Å². The summed E-state index contributed by atoms with van der Waals surface area (Å²) in [5.74, 6) is -0.986. The Morgan fingerprint density at radius 2 is 1.84 bits per heavy atom. The third kappa shape index (κ3) is 3.25. The van der Waals surface area contributed by atoms with Gasteiger partial charge in [-0.1, -0.05) is 26.2 Å². The predicted molar refractivity (Wildman–Crippen MR) is 92.3 cm³/mol. The van der Waals surface area contributed by atoms with Gasteiger partial charge in [0.05, 0.1) is 0 Å². The van der Waals surface area contributed by atoms with Gasteiger partial charge in [0.2, 0.25) is 11.8 Å². The summed E-state index contributed by atoms with van der Waals surface area (Å²) in [6.45, 7) is 2.00. The molecule has 1 atom stereocenters. The monoisotopic (exact) mass is 349 g/mol. The number of rotatable bonds is 5. The molecule has 25 heavy (non-hydrogen) atoms. The fourth-order valence-corrected chi connectivity index (χ4v) is 4.19. The number of nitrogens with two attached hydrogens (primary N) is 1. The number of carbonyl (C=O) groups is 2. The first kappa shape index (κ1) is 17.8. The molecule has 1 aromatic heterocycles. The molecule has 5 N–H and O–H groups in total. The van der Waals surface area contributed by atoms with Crippen molar-refractivity contribution in [3.8, 4) is 11.8 Å². The number of piperidine rings is 1. The Bertz CT molecular complexity index is 689. The fraction of sp³-hybridized carbons (Fsp3) is 0.667. The van der Waals surface area contributed by atoms with E-state index < -0.39 is 11.9 Å². The first-order valence-corrected chi connectivity index (χ1v) is 9.12. The minimum absolute atomic E-state index is 0.0783. The lowest BCUT2D eigenvalue weighted by atomic mass is 9.89. The maximum absolute atomic E-state index is 12.2. The van der Waals surface area contributed by atoms with Crippen LogP contribution in [0.1, 0.15) is 69.0 Å². The summed E-state index contributed by atoms with van der Waals surface area (Å²) in [6.07, 6.45) is 6.27. The van der Waals surface area contributed by atoms with Gasteiger partial charge >= 0.3 is 0 Å². The van der Waals surface area contributed by atoms with Crippen molar-refractivity contribution >= 4 is 11.8 Å². The van der Waals surface area contributed by atoms with Crippen LogP contribution in [0.2, 0.25) is 0 Å². The first-order chi connectivity index (χ1) is 11.9. The largest absolute Gasteiger partial charge is 0.494 e. The molecule has 2 amide bonds. The molecule has 1 aromatic rings. The van der Waals surface area contributed by atoms with E-state index in [4.69, 9.17) is 5.73 Å². The molecule has 0 aromatic carbocycles. The van der Waals surface area contributed by atoms with Crippen LogP contribution >= 0.6 is 0 Å². The minimum Gasteiger partial charge on any atom is -0.494 e. The molecule has 7 heteroatoms. The average Bonchev–Trinajstić information content (AvgIpc) is 3.07. The van der Waals surface area contributed by atoms with Crippen molar-refractivity contribution < 1.29 is 19.8 Å². The zero-order valence-corrected chi connectivity index (χ0v) is 14.7. The van der Waals surface area contributed by atoms with Crippen molar-refractivity contribution in [2.75, 3.05) is 0 Å². The van der Waals surface area contributed by atoms with Crippen LogP contribution in [0.4, 0.5) is 0 Å². The van der Waals surface area contributed by atoms with Gasteiger partial charge in [-0.3, -0.25) is 19.5 Å². The van der Waals surface area contributed by atoms with Crippen LogP contribution in [-0.2, 0) is 22.4 Å². The normalized spacial score (nSPS) is 23.0. The standard InChI is InChI=1S/C18H27N3O4/c1-2-5-11-12(10-18(19)8-3-4-9-18)17(25)21(16(11)24)13-6-7-14(22)20-15(13)23/h13,24-25H,2-10,19H2,1H3,(H,20,22,23). The van der Waals surface area contributed by atoms with Gasteiger partial charge < -0.3 is 15.9 Å². The number of aromatic hydroxyl groups is 2. The molecule has 1 saturated heterocycles. The topological polar surface area (TPSA) is 118 Å². The SMILES string of the molecule is CCCc1c(CC2(N)CCCC2)c(O)n(C2CCC(=O)NC2=O)c1O. The number of aromatic nitrogens is 1. The second-order valence-electron chi connectivity index (χ2n) is 7.44. The molecule has 0 radical (unpaired) electrons. The highest BCUT2D eigenvalue weighted by molar-refractivity contribution is 5.99. The summed E-state index contributed by atoms with van der Waals surface area (Å²) in [7, 11) is 0. The molecule has 138 valence electrons. The van der Waals surface area contributed by atoms with E-state index >= 15 is 0 Å². The summed E-state index contributed by atoms with van der Waals surface area (Å²) in [5, 5.41) is 23.8. The number of nitrogens with zero attached hydrogens (tertiary/aromatic N) is 1. The van der Waals surface area contributed by atoms with Crippen molar-refractivity contribution in [2.45, 2.75) is 76.3 Å². The van der Waals surface area contributed by atoms with Crippen molar-refractivity contribution in [1.29, 1.82) is 0 Å². The summed E-state index contributed by atoms with van der Waals surface area (Å²) in [6, 6.07) is -0.778. The highest BCUT2D eigenvalue weighted by Gasteiger charge is 2.37. The Balaban J connectivity index is 2.00. The molecule has 0 bridgehead atoms. The van der Waals surface area contributed by atoms with Crippen molar-refractivity contribution in [3.05, 3.63) is 11.1 Å². The third-order valence-corrected chi connectivity index (χ3v) is 5.51. The molecule has 1 aliphatic heterocycles. The van der Waals surface area contributed by atoms with Gasteiger partial charge in [-0.05, 0) is 32.1 Å². The van der Waals surface area contributed by atoms with E-state index in [1.165, 1.54) is 4.57 Å². The Morgan fingerprint density at radius 3 is 2.44 bits per heavy atom. The van der Waals surface area contributed by atoms with Gasteiger partial charge in [0.25, 0.3) is 0 Å². The number of amides is 2. The van der Waals surface area contributed by atoms with E-state index in [0.717, 1.165) is 32.1 Å². The lowest BCUT2D eigenvalue weighted by Gasteiger charge is -2.25. The Kier molecular flexibility index (Phi) is 4.77. The molecule has 0 spiro atoms. The summed E-state index contributed by atoms with van der Waals surface area (Å²) < 4.78 is 1.28. The maximum Gasteiger partial charge on any atom is 0.249 e. The van der Waals surface area contributed by atoms with Crippen LogP contribution in [0.15, 0.2) is 0 Å². The van der Waals surface area contributed by atoms with E-state index in [0.29, 0.717) is 24.0 Å². The van der Waals surface area contributed by atoms with Crippen molar-refractivity contribution in [2.24, 2.45) is 5.73 Å². The van der Waals surface area contributed by atoms with Gasteiger partial charge in [-0.25, -0.2) is 0 Å². The highest BCUT2D eigenvalue weighted by atomic mass is 16.3. The molecule has 1 unspecified atom stereocenters. The molecule has 2 fully saturated rings. The molecule has 1 saturated carbocycles. The Labute approximate surface area is 147 Å². The lowest BCUT2D eigenvalue weighted by molar-refractivity contribution is -0.135. The molecule has 7 nitrogen and oxygen atoms in total. The zero-order chi connectivity index (χ0) is 18.2. The number of nitrogens with one attached hydrogen (secondary N) is 1. The van der Waals surface area contributed by atoms with Gasteiger partial charge in [-0.2, -0.15) is 0 Å². The smallest absolute Gasteiger partial charge is 0.249 e. The molecular weight excluding hydrogens is 322 g/mol. The third-order valence-electron chi connectivity index (χ3n) is 5.51. The van der Waals surface area contributed by atoms with E-state index in [2.05, 4.69) is 5.32 Å².